The van der Waals surface area contributed by atoms with Gasteiger partial charge < -0.3 is 19.5 Å². The number of aliphatic hydroxyl groups is 1. The van der Waals surface area contributed by atoms with Crippen LogP contribution in [0.25, 0.3) is 0 Å². The summed E-state index contributed by atoms with van der Waals surface area (Å²) in [6, 6.07) is 0.107. The topological polar surface area (TPSA) is 59.0 Å². The third kappa shape index (κ3) is 2.65. The first-order valence-corrected chi connectivity index (χ1v) is 5.97. The molecule has 2 rings (SSSR count). The third-order valence-corrected chi connectivity index (χ3v) is 3.24. The van der Waals surface area contributed by atoms with E-state index in [2.05, 4.69) is 0 Å². The van der Waals surface area contributed by atoms with Crippen LogP contribution in [0.4, 0.5) is 4.79 Å². The minimum Gasteiger partial charge on any atom is -0.449 e. The van der Waals surface area contributed by atoms with Crippen molar-refractivity contribution >= 4 is 6.09 Å². The predicted molar refractivity (Wildman–Crippen MR) is 57.1 cm³/mol. The van der Waals surface area contributed by atoms with E-state index in [-0.39, 0.29) is 24.8 Å². The van der Waals surface area contributed by atoms with Crippen LogP contribution in [0, 0.1) is 0 Å². The van der Waals surface area contributed by atoms with Gasteiger partial charge in [-0.3, -0.25) is 0 Å². The maximum absolute atomic E-state index is 11.6. The van der Waals surface area contributed by atoms with Crippen LogP contribution in [0.15, 0.2) is 0 Å². The summed E-state index contributed by atoms with van der Waals surface area (Å²) in [6.07, 6.45) is 3.39. The Bertz CT molecular complexity index is 238. The number of amides is 1. The molecule has 2 atom stereocenters. The number of rotatable bonds is 4. The molecule has 2 heterocycles. The van der Waals surface area contributed by atoms with Gasteiger partial charge in [0.2, 0.25) is 0 Å². The Kier molecular flexibility index (Phi) is 4.01. The van der Waals surface area contributed by atoms with Crippen molar-refractivity contribution in [2.24, 2.45) is 0 Å². The Morgan fingerprint density at radius 2 is 2.25 bits per heavy atom. The molecule has 0 aromatic rings. The fourth-order valence-corrected chi connectivity index (χ4v) is 2.35. The summed E-state index contributed by atoms with van der Waals surface area (Å²) in [7, 11) is 0. The molecule has 0 bridgehead atoms. The first kappa shape index (κ1) is 11.7. The predicted octanol–water partition coefficient (Wildman–Crippen LogP) is 0.759. The summed E-state index contributed by atoms with van der Waals surface area (Å²) in [5.41, 5.74) is 0. The largest absolute Gasteiger partial charge is 0.449 e. The van der Waals surface area contributed by atoms with Gasteiger partial charge in [0.1, 0.15) is 0 Å². The second-order valence-electron chi connectivity index (χ2n) is 4.36. The van der Waals surface area contributed by atoms with Crippen molar-refractivity contribution in [3.05, 3.63) is 0 Å². The lowest BCUT2D eigenvalue weighted by Crippen LogP contribution is -2.49. The number of hydrogen-bond donors (Lipinski definition) is 1. The second-order valence-corrected chi connectivity index (χ2v) is 4.36. The molecule has 0 aromatic carbocycles. The van der Waals surface area contributed by atoms with Crippen molar-refractivity contribution in [2.45, 2.75) is 37.8 Å². The summed E-state index contributed by atoms with van der Waals surface area (Å²) >= 11 is 0. The monoisotopic (exact) mass is 229 g/mol. The maximum atomic E-state index is 11.6. The zero-order valence-corrected chi connectivity index (χ0v) is 9.43. The zero-order chi connectivity index (χ0) is 11.4. The molecule has 0 saturated carbocycles. The molecule has 5 heteroatoms. The number of carbonyl (C=O) groups excluding carboxylic acids is 1. The average molecular weight is 229 g/mol. The molecule has 1 amide bonds. The van der Waals surface area contributed by atoms with E-state index >= 15 is 0 Å². The van der Waals surface area contributed by atoms with E-state index < -0.39 is 0 Å². The molecule has 2 aliphatic heterocycles. The van der Waals surface area contributed by atoms with Crippen molar-refractivity contribution in [3.63, 3.8) is 0 Å². The van der Waals surface area contributed by atoms with E-state index in [0.717, 1.165) is 25.9 Å². The van der Waals surface area contributed by atoms with Gasteiger partial charge in [-0.15, -0.1) is 0 Å². The normalized spacial score (nSPS) is 30.6. The number of cyclic esters (lactones) is 1. The highest BCUT2D eigenvalue weighted by Gasteiger charge is 2.32. The SMILES string of the molecule is O=C1OCCC(CCO)N1CC1CCCO1. The van der Waals surface area contributed by atoms with E-state index in [1.807, 2.05) is 0 Å². The van der Waals surface area contributed by atoms with Crippen LogP contribution in [0.5, 0.6) is 0 Å². The Labute approximate surface area is 95.3 Å². The van der Waals surface area contributed by atoms with Crippen molar-refractivity contribution in [2.75, 3.05) is 26.4 Å². The fraction of sp³-hybridized carbons (Fsp3) is 0.909. The fourth-order valence-electron chi connectivity index (χ4n) is 2.35. The number of carbonyl (C=O) groups is 1. The van der Waals surface area contributed by atoms with E-state index in [9.17, 15) is 4.79 Å². The Morgan fingerprint density at radius 3 is 2.94 bits per heavy atom. The summed E-state index contributed by atoms with van der Waals surface area (Å²) < 4.78 is 10.5. The van der Waals surface area contributed by atoms with Crippen LogP contribution in [-0.2, 0) is 9.47 Å². The van der Waals surface area contributed by atoms with Gasteiger partial charge in [-0.25, -0.2) is 4.79 Å². The molecule has 0 aliphatic carbocycles. The highest BCUT2D eigenvalue weighted by molar-refractivity contribution is 5.68. The highest BCUT2D eigenvalue weighted by atomic mass is 16.6. The third-order valence-electron chi connectivity index (χ3n) is 3.24. The highest BCUT2D eigenvalue weighted by Crippen LogP contribution is 2.20. The summed E-state index contributed by atoms with van der Waals surface area (Å²) in [5, 5.41) is 8.97. The molecule has 2 fully saturated rings. The van der Waals surface area contributed by atoms with Crippen LogP contribution >= 0.6 is 0 Å². The van der Waals surface area contributed by atoms with Crippen LogP contribution in [0.1, 0.15) is 25.7 Å². The minimum atomic E-state index is -0.264. The van der Waals surface area contributed by atoms with Gasteiger partial charge in [-0.05, 0) is 19.3 Å². The molecule has 1 N–H and O–H groups in total. The lowest BCUT2D eigenvalue weighted by atomic mass is 10.1. The molecule has 5 nitrogen and oxygen atoms in total. The summed E-state index contributed by atoms with van der Waals surface area (Å²) in [5.74, 6) is 0. The van der Waals surface area contributed by atoms with Gasteiger partial charge in [-0.1, -0.05) is 0 Å². The lowest BCUT2D eigenvalue weighted by Gasteiger charge is -2.36. The van der Waals surface area contributed by atoms with Crippen LogP contribution in [0.3, 0.4) is 0 Å². The Morgan fingerprint density at radius 1 is 1.38 bits per heavy atom. The van der Waals surface area contributed by atoms with E-state index in [0.29, 0.717) is 19.6 Å². The standard InChI is InChI=1S/C11H19NO4/c13-5-3-9-4-7-16-11(14)12(9)8-10-2-1-6-15-10/h9-10,13H,1-8H2. The van der Waals surface area contributed by atoms with Gasteiger partial charge in [0.05, 0.1) is 19.3 Å². The first-order valence-electron chi connectivity index (χ1n) is 5.97. The quantitative estimate of drug-likeness (QED) is 0.773. The molecule has 0 spiro atoms. The molecule has 0 aromatic heterocycles. The molecule has 2 unspecified atom stereocenters. The molecular formula is C11H19NO4. The van der Waals surface area contributed by atoms with Gasteiger partial charge in [0, 0.05) is 25.7 Å². The lowest BCUT2D eigenvalue weighted by molar-refractivity contribution is 0.00715. The van der Waals surface area contributed by atoms with Crippen LogP contribution in [0.2, 0.25) is 0 Å². The summed E-state index contributed by atoms with van der Waals surface area (Å²) in [4.78, 5) is 13.4. The molecule has 2 aliphatic rings. The first-order chi connectivity index (χ1) is 7.81. The van der Waals surface area contributed by atoms with E-state index in [4.69, 9.17) is 14.6 Å². The number of ether oxygens (including phenoxy) is 2. The van der Waals surface area contributed by atoms with Gasteiger partial charge in [0.25, 0.3) is 0 Å². The minimum absolute atomic E-state index is 0.107. The zero-order valence-electron chi connectivity index (χ0n) is 9.43. The molecule has 0 radical (unpaired) electrons. The second kappa shape index (κ2) is 5.50. The Balaban J connectivity index is 1.92. The maximum Gasteiger partial charge on any atom is 0.410 e. The van der Waals surface area contributed by atoms with Gasteiger partial charge >= 0.3 is 6.09 Å². The Hall–Kier alpha value is -0.810. The van der Waals surface area contributed by atoms with Crippen molar-refractivity contribution < 1.29 is 19.4 Å². The molecular weight excluding hydrogens is 210 g/mol. The summed E-state index contributed by atoms with van der Waals surface area (Å²) in [6.45, 7) is 1.97. The van der Waals surface area contributed by atoms with Crippen LogP contribution < -0.4 is 0 Å². The van der Waals surface area contributed by atoms with Crippen molar-refractivity contribution in [3.8, 4) is 0 Å². The molecule has 16 heavy (non-hydrogen) atoms. The number of hydrogen-bond acceptors (Lipinski definition) is 4. The molecule has 92 valence electrons. The van der Waals surface area contributed by atoms with Gasteiger partial charge in [0.15, 0.2) is 0 Å². The molecule has 2 saturated heterocycles. The average Bonchev–Trinajstić information content (AvgIpc) is 2.76. The number of aliphatic hydroxyl groups excluding tert-OH is 1. The van der Waals surface area contributed by atoms with E-state index in [1.165, 1.54) is 0 Å². The number of nitrogens with zero attached hydrogens (tertiary/aromatic N) is 1. The smallest absolute Gasteiger partial charge is 0.410 e. The van der Waals surface area contributed by atoms with Crippen molar-refractivity contribution in [1.29, 1.82) is 0 Å². The van der Waals surface area contributed by atoms with E-state index in [1.54, 1.807) is 4.90 Å². The van der Waals surface area contributed by atoms with Crippen molar-refractivity contribution in [1.82, 2.24) is 4.90 Å². The van der Waals surface area contributed by atoms with Gasteiger partial charge in [-0.2, -0.15) is 0 Å². The van der Waals surface area contributed by atoms with Crippen LogP contribution in [-0.4, -0.2) is 54.6 Å².